The van der Waals surface area contributed by atoms with Crippen LogP contribution in [0.4, 0.5) is 4.79 Å². The molecule has 6 heteroatoms. The summed E-state index contributed by atoms with van der Waals surface area (Å²) in [7, 11) is 0. The minimum atomic E-state index is -0.504. The zero-order chi connectivity index (χ0) is 10.6. The van der Waals surface area contributed by atoms with Crippen LogP contribution in [0.3, 0.4) is 0 Å². The Kier molecular flexibility index (Phi) is 3.73. The van der Waals surface area contributed by atoms with Gasteiger partial charge >= 0.3 is 6.09 Å². The number of rotatable bonds is 0. The number of carbonyl (C=O) groups is 1. The second kappa shape index (κ2) is 4.63. The predicted molar refractivity (Wildman–Crippen MR) is 65.4 cm³/mol. The van der Waals surface area contributed by atoms with Crippen LogP contribution in [0.1, 0.15) is 20.8 Å². The molecule has 0 unspecified atom stereocenters. The predicted octanol–water partition coefficient (Wildman–Crippen LogP) is 1.64. The van der Waals surface area contributed by atoms with Crippen LogP contribution in [-0.4, -0.2) is 27.9 Å². The highest BCUT2D eigenvalue weighted by molar-refractivity contribution is 14.2. The van der Waals surface area contributed by atoms with E-state index >= 15 is 0 Å². The highest BCUT2D eigenvalue weighted by Crippen LogP contribution is 2.06. The molecule has 1 N–H and O–H groups in total. The average molecular weight is 309 g/mol. The third kappa shape index (κ3) is 4.45. The molecule has 0 spiro atoms. The first kappa shape index (κ1) is 11.3. The summed E-state index contributed by atoms with van der Waals surface area (Å²) < 4.78 is 10.8. The number of halogens is 1. The SMILES string of the molecule is CC(C)(C)OC(=O)NC1=NC=IN=C1. The molecule has 0 radical (unpaired) electrons. The second-order valence-electron chi connectivity index (χ2n) is 3.56. The Hall–Kier alpha value is -0.790. The summed E-state index contributed by atoms with van der Waals surface area (Å²) in [5.41, 5.74) is -0.493. The fourth-order valence-corrected chi connectivity index (χ4v) is 1.67. The van der Waals surface area contributed by atoms with Gasteiger partial charge < -0.3 is 4.74 Å². The standard InChI is InChI=1S/C8H12IN3O2/c1-8(2,3)14-7(13)12-6-4-11-9-5-10-6/h4-5H,1-3H3,(H,10,12,13). The Labute approximate surface area is 92.8 Å². The Morgan fingerprint density at radius 3 is 2.79 bits per heavy atom. The van der Waals surface area contributed by atoms with E-state index in [1.807, 2.05) is 0 Å². The number of amidine groups is 1. The molecule has 1 amide bonds. The number of aliphatic imine (C=N–C) groups is 1. The zero-order valence-corrected chi connectivity index (χ0v) is 10.4. The molecule has 0 saturated carbocycles. The van der Waals surface area contributed by atoms with Crippen molar-refractivity contribution in [2.45, 2.75) is 26.4 Å². The van der Waals surface area contributed by atoms with Gasteiger partial charge in [-0.3, -0.25) is 5.32 Å². The Morgan fingerprint density at radius 1 is 1.57 bits per heavy atom. The molecule has 1 heterocycles. The van der Waals surface area contributed by atoms with Crippen molar-refractivity contribution in [3.63, 3.8) is 0 Å². The third-order valence-electron chi connectivity index (χ3n) is 1.09. The van der Waals surface area contributed by atoms with Gasteiger partial charge in [0.05, 0.1) is 10.4 Å². The van der Waals surface area contributed by atoms with Crippen molar-refractivity contribution in [2.75, 3.05) is 0 Å². The molecule has 0 atom stereocenters. The molecule has 0 saturated heterocycles. The molecule has 0 aromatic carbocycles. The number of alkyl carbamates (subject to hydrolysis) is 1. The fraction of sp³-hybridized carbons (Fsp3) is 0.500. The molecule has 1 aliphatic rings. The summed E-state index contributed by atoms with van der Waals surface area (Å²) >= 11 is -0.301. The topological polar surface area (TPSA) is 63.0 Å². The van der Waals surface area contributed by atoms with Gasteiger partial charge in [-0.15, -0.1) is 0 Å². The number of ether oxygens (including phenoxy) is 1. The third-order valence-corrected chi connectivity index (χ3v) is 2.22. The van der Waals surface area contributed by atoms with Crippen LogP contribution >= 0.6 is 21.0 Å². The van der Waals surface area contributed by atoms with Gasteiger partial charge in [-0.05, 0) is 20.8 Å². The van der Waals surface area contributed by atoms with Crippen LogP contribution in [0.25, 0.3) is 0 Å². The van der Waals surface area contributed by atoms with Gasteiger partial charge in [0.15, 0.2) is 5.84 Å². The molecular weight excluding hydrogens is 297 g/mol. The molecule has 14 heavy (non-hydrogen) atoms. The lowest BCUT2D eigenvalue weighted by Gasteiger charge is -2.19. The molecule has 1 rings (SSSR count). The lowest BCUT2D eigenvalue weighted by atomic mass is 10.2. The molecule has 0 fully saturated rings. The number of carbonyl (C=O) groups excluding carboxylic acids is 1. The molecule has 0 bridgehead atoms. The van der Waals surface area contributed by atoms with Gasteiger partial charge in [-0.2, -0.15) is 0 Å². The largest absolute Gasteiger partial charge is 0.444 e. The van der Waals surface area contributed by atoms with Crippen molar-refractivity contribution in [3.05, 3.63) is 0 Å². The Balaban J connectivity index is 2.46. The van der Waals surface area contributed by atoms with Gasteiger partial charge in [0.1, 0.15) is 5.60 Å². The maximum atomic E-state index is 11.2. The van der Waals surface area contributed by atoms with Gasteiger partial charge in [-0.25, -0.2) is 13.0 Å². The lowest BCUT2D eigenvalue weighted by molar-refractivity contribution is 0.0564. The van der Waals surface area contributed by atoms with Crippen molar-refractivity contribution >= 4 is 43.3 Å². The van der Waals surface area contributed by atoms with Crippen LogP contribution in [0.5, 0.6) is 0 Å². The minimum Gasteiger partial charge on any atom is -0.444 e. The van der Waals surface area contributed by atoms with E-state index in [-0.39, 0.29) is 21.0 Å². The molecule has 0 aliphatic carbocycles. The van der Waals surface area contributed by atoms with Crippen LogP contribution in [0.2, 0.25) is 0 Å². The second-order valence-corrected chi connectivity index (χ2v) is 5.23. The van der Waals surface area contributed by atoms with E-state index in [4.69, 9.17) is 4.74 Å². The van der Waals surface area contributed by atoms with Gasteiger partial charge in [0.2, 0.25) is 0 Å². The highest BCUT2D eigenvalue weighted by atomic mass is 127. The summed E-state index contributed by atoms with van der Waals surface area (Å²) in [6.45, 7) is 5.42. The van der Waals surface area contributed by atoms with Crippen LogP contribution in [0, 0.1) is 0 Å². The number of nitrogens with one attached hydrogen (secondary N) is 1. The van der Waals surface area contributed by atoms with Crippen LogP contribution in [-0.2, 0) is 4.74 Å². The van der Waals surface area contributed by atoms with Crippen molar-refractivity contribution in [1.29, 1.82) is 0 Å². The quantitative estimate of drug-likeness (QED) is 0.691. The highest BCUT2D eigenvalue weighted by Gasteiger charge is 2.16. The first-order chi connectivity index (χ1) is 6.47. The summed E-state index contributed by atoms with van der Waals surface area (Å²) in [6, 6.07) is 0. The van der Waals surface area contributed by atoms with E-state index in [0.29, 0.717) is 5.84 Å². The summed E-state index contributed by atoms with van der Waals surface area (Å²) in [6.07, 6.45) is 1.05. The molecule has 5 nitrogen and oxygen atoms in total. The monoisotopic (exact) mass is 309 g/mol. The van der Waals surface area contributed by atoms with Crippen molar-refractivity contribution in [2.24, 2.45) is 8.20 Å². The van der Waals surface area contributed by atoms with Gasteiger partial charge in [-0.1, -0.05) is 0 Å². The molecule has 0 aromatic heterocycles. The van der Waals surface area contributed by atoms with Gasteiger partial charge in [0, 0.05) is 21.0 Å². The summed E-state index contributed by atoms with van der Waals surface area (Å²) in [4.78, 5) is 15.2. The normalized spacial score (nSPS) is 15.5. The number of amides is 1. The molecular formula is C8H12IN3O2. The number of hydrogen-bond acceptors (Lipinski definition) is 4. The molecule has 0 aromatic rings. The number of nitrogens with zero attached hydrogens (tertiary/aromatic N) is 2. The number of hydrogen-bond donors (Lipinski definition) is 1. The van der Waals surface area contributed by atoms with E-state index < -0.39 is 11.7 Å². The van der Waals surface area contributed by atoms with E-state index in [0.717, 1.165) is 0 Å². The molecule has 78 valence electrons. The smallest absolute Gasteiger partial charge is 0.413 e. The lowest BCUT2D eigenvalue weighted by Crippen LogP contribution is -2.37. The van der Waals surface area contributed by atoms with Crippen LogP contribution < -0.4 is 5.32 Å². The Morgan fingerprint density at radius 2 is 2.29 bits per heavy atom. The van der Waals surface area contributed by atoms with E-state index in [2.05, 4.69) is 13.5 Å². The summed E-state index contributed by atoms with van der Waals surface area (Å²) in [5, 5.41) is 2.50. The van der Waals surface area contributed by atoms with E-state index in [1.54, 1.807) is 31.1 Å². The van der Waals surface area contributed by atoms with Crippen molar-refractivity contribution in [1.82, 2.24) is 5.32 Å². The maximum absolute atomic E-state index is 11.2. The van der Waals surface area contributed by atoms with E-state index in [9.17, 15) is 4.79 Å². The zero-order valence-electron chi connectivity index (χ0n) is 8.24. The van der Waals surface area contributed by atoms with Gasteiger partial charge in [0.25, 0.3) is 0 Å². The summed E-state index contributed by atoms with van der Waals surface area (Å²) in [5.74, 6) is 0.435. The van der Waals surface area contributed by atoms with E-state index in [1.165, 1.54) is 0 Å². The average Bonchev–Trinajstić information content (AvgIpc) is 2.02. The van der Waals surface area contributed by atoms with Crippen LogP contribution in [0.15, 0.2) is 8.20 Å². The van der Waals surface area contributed by atoms with Crippen molar-refractivity contribution in [3.8, 4) is 0 Å². The fourth-order valence-electron chi connectivity index (χ4n) is 0.680. The minimum absolute atomic E-state index is 0.301. The molecule has 1 aliphatic heterocycles. The maximum Gasteiger partial charge on any atom is 0.413 e. The first-order valence-corrected chi connectivity index (χ1v) is 6.24. The first-order valence-electron chi connectivity index (χ1n) is 4.03. The van der Waals surface area contributed by atoms with Crippen molar-refractivity contribution < 1.29 is 9.53 Å². The Bertz CT molecular complexity index is 315.